The van der Waals surface area contributed by atoms with Crippen LogP contribution in [0.1, 0.15) is 29.5 Å². The highest BCUT2D eigenvalue weighted by molar-refractivity contribution is 6.35. The van der Waals surface area contributed by atoms with Crippen molar-refractivity contribution < 1.29 is 4.74 Å². The van der Waals surface area contributed by atoms with Gasteiger partial charge in [0.2, 0.25) is 0 Å². The van der Waals surface area contributed by atoms with E-state index in [0.717, 1.165) is 18.8 Å². The lowest BCUT2D eigenvalue weighted by Crippen LogP contribution is -2.56. The number of likely N-dealkylation sites (tertiary alicyclic amines) is 1. The van der Waals surface area contributed by atoms with E-state index < -0.39 is 0 Å². The molecule has 0 spiro atoms. The van der Waals surface area contributed by atoms with Gasteiger partial charge in [0.1, 0.15) is 19.1 Å². The fourth-order valence-electron chi connectivity index (χ4n) is 4.27. The molecule has 1 aromatic carbocycles. The van der Waals surface area contributed by atoms with Gasteiger partial charge < -0.3 is 10.1 Å². The second kappa shape index (κ2) is 6.25. The van der Waals surface area contributed by atoms with Gasteiger partial charge >= 0.3 is 0 Å². The van der Waals surface area contributed by atoms with E-state index in [0.29, 0.717) is 12.1 Å². The minimum absolute atomic E-state index is 0.391. The third-order valence-electron chi connectivity index (χ3n) is 5.63. The number of hydrogen-bond donors (Lipinski definition) is 1. The maximum absolute atomic E-state index is 6.28. The van der Waals surface area contributed by atoms with Crippen LogP contribution in [0.2, 0.25) is 6.32 Å². The van der Waals surface area contributed by atoms with Gasteiger partial charge in [-0.25, -0.2) is 0 Å². The smallest absolute Gasteiger partial charge is 0.126 e. The number of fused-ring (bicyclic) bond motifs is 1. The summed E-state index contributed by atoms with van der Waals surface area (Å²) in [6, 6.07) is 5.22. The zero-order chi connectivity index (χ0) is 14.9. The molecule has 22 heavy (non-hydrogen) atoms. The van der Waals surface area contributed by atoms with Crippen LogP contribution in [0.25, 0.3) is 0 Å². The number of rotatable bonds is 4. The average molecular weight is 298 g/mol. The molecule has 0 saturated carbocycles. The van der Waals surface area contributed by atoms with Crippen molar-refractivity contribution in [1.29, 1.82) is 0 Å². The number of hydrogen-bond acceptors (Lipinski definition) is 3. The normalized spacial score (nSPS) is 25.4. The first-order valence-corrected chi connectivity index (χ1v) is 9.03. The molecule has 0 amide bonds. The molecule has 3 heterocycles. The van der Waals surface area contributed by atoms with Crippen molar-refractivity contribution in [1.82, 2.24) is 10.2 Å². The molecular weight excluding hydrogens is 271 g/mol. The Morgan fingerprint density at radius 2 is 2.27 bits per heavy atom. The quantitative estimate of drug-likeness (QED) is 0.857. The molecule has 4 rings (SSSR count). The lowest BCUT2D eigenvalue weighted by Gasteiger charge is -2.40. The van der Waals surface area contributed by atoms with Crippen molar-refractivity contribution >= 4 is 7.28 Å². The van der Waals surface area contributed by atoms with Crippen LogP contribution < -0.4 is 10.1 Å². The van der Waals surface area contributed by atoms with Crippen molar-refractivity contribution in [2.75, 3.05) is 26.2 Å². The van der Waals surface area contributed by atoms with Gasteiger partial charge in [0.05, 0.1) is 0 Å². The number of nitrogens with one attached hydrogen (secondary N) is 1. The Morgan fingerprint density at radius 3 is 3.09 bits per heavy atom. The number of benzene rings is 1. The van der Waals surface area contributed by atoms with E-state index in [1.54, 1.807) is 11.1 Å². The molecule has 1 aromatic rings. The molecule has 0 bridgehead atoms. The van der Waals surface area contributed by atoms with E-state index in [2.05, 4.69) is 29.3 Å². The maximum Gasteiger partial charge on any atom is 0.126 e. The first-order chi connectivity index (χ1) is 10.8. The zero-order valence-electron chi connectivity index (χ0n) is 13.7. The fourth-order valence-corrected chi connectivity index (χ4v) is 4.27. The third kappa shape index (κ3) is 2.91. The second-order valence-corrected chi connectivity index (χ2v) is 7.29. The summed E-state index contributed by atoms with van der Waals surface area (Å²) in [5, 5.41) is 3.58. The SMILES string of the molecule is Cc1c(OC2CN(CC3CCCN3)C2)ccc2c1CBCC2. The molecule has 1 unspecified atom stereocenters. The van der Waals surface area contributed by atoms with Crippen LogP contribution in [0, 0.1) is 6.92 Å². The molecule has 4 heteroatoms. The third-order valence-corrected chi connectivity index (χ3v) is 5.63. The number of nitrogens with zero attached hydrogens (tertiary/aromatic N) is 1. The minimum atomic E-state index is 0.391. The monoisotopic (exact) mass is 298 g/mol. The highest BCUT2D eigenvalue weighted by Crippen LogP contribution is 2.30. The molecular formula is C18H27BN2O. The first-order valence-electron chi connectivity index (χ1n) is 9.03. The molecule has 3 aliphatic heterocycles. The van der Waals surface area contributed by atoms with Crippen LogP contribution in [-0.4, -0.2) is 50.5 Å². The number of aryl methyl sites for hydroxylation is 1. The van der Waals surface area contributed by atoms with E-state index in [-0.39, 0.29) is 0 Å². The predicted molar refractivity (Wildman–Crippen MR) is 92.4 cm³/mol. The molecule has 1 atom stereocenters. The van der Waals surface area contributed by atoms with E-state index >= 15 is 0 Å². The highest BCUT2D eigenvalue weighted by atomic mass is 16.5. The van der Waals surface area contributed by atoms with Crippen LogP contribution in [0.15, 0.2) is 12.1 Å². The van der Waals surface area contributed by atoms with Crippen molar-refractivity contribution in [3.63, 3.8) is 0 Å². The summed E-state index contributed by atoms with van der Waals surface area (Å²) < 4.78 is 6.28. The van der Waals surface area contributed by atoms with Crippen LogP contribution >= 0.6 is 0 Å². The van der Waals surface area contributed by atoms with E-state index in [1.165, 1.54) is 57.8 Å². The largest absolute Gasteiger partial charge is 0.487 e. The van der Waals surface area contributed by atoms with Gasteiger partial charge in [-0.1, -0.05) is 18.7 Å². The van der Waals surface area contributed by atoms with Crippen molar-refractivity contribution in [3.05, 3.63) is 28.8 Å². The maximum atomic E-state index is 6.28. The van der Waals surface area contributed by atoms with E-state index in [9.17, 15) is 0 Å². The standard InChI is InChI=1S/C18H27BN2O/c1-13-17-9-19-7-6-14(17)4-5-18(13)22-16-11-21(12-16)10-15-3-2-8-20-15/h4-5,15-16,19-20H,2-3,6-12H2,1H3. The van der Waals surface area contributed by atoms with E-state index in [1.807, 2.05) is 0 Å². The summed E-state index contributed by atoms with van der Waals surface area (Å²) in [6.45, 7) is 6.83. The van der Waals surface area contributed by atoms with Crippen LogP contribution in [-0.2, 0) is 12.7 Å². The molecule has 0 radical (unpaired) electrons. The molecule has 2 saturated heterocycles. The van der Waals surface area contributed by atoms with Crippen LogP contribution in [0.3, 0.4) is 0 Å². The summed E-state index contributed by atoms with van der Waals surface area (Å²) >= 11 is 0. The lowest BCUT2D eigenvalue weighted by molar-refractivity contribution is 0.0149. The molecule has 0 aliphatic carbocycles. The van der Waals surface area contributed by atoms with Gasteiger partial charge in [-0.2, -0.15) is 0 Å². The second-order valence-electron chi connectivity index (χ2n) is 7.29. The molecule has 3 nitrogen and oxygen atoms in total. The van der Waals surface area contributed by atoms with Crippen molar-refractivity contribution in [2.24, 2.45) is 0 Å². The van der Waals surface area contributed by atoms with Crippen molar-refractivity contribution in [2.45, 2.75) is 51.0 Å². The Morgan fingerprint density at radius 1 is 1.36 bits per heavy atom. The number of ether oxygens (including phenoxy) is 1. The van der Waals surface area contributed by atoms with Crippen LogP contribution in [0.4, 0.5) is 0 Å². The highest BCUT2D eigenvalue weighted by Gasteiger charge is 2.31. The van der Waals surface area contributed by atoms with Gasteiger partial charge in [-0.05, 0) is 55.5 Å². The zero-order valence-corrected chi connectivity index (χ0v) is 13.7. The molecule has 2 fully saturated rings. The van der Waals surface area contributed by atoms with Crippen molar-refractivity contribution in [3.8, 4) is 5.75 Å². The Hall–Kier alpha value is -0.995. The Labute approximate surface area is 134 Å². The van der Waals surface area contributed by atoms with Gasteiger partial charge in [0.25, 0.3) is 0 Å². The molecule has 1 N–H and O–H groups in total. The summed E-state index contributed by atoms with van der Waals surface area (Å²) in [5.74, 6) is 1.13. The fraction of sp³-hybridized carbons (Fsp3) is 0.667. The summed E-state index contributed by atoms with van der Waals surface area (Å²) in [5.41, 5.74) is 4.52. The first kappa shape index (κ1) is 14.6. The van der Waals surface area contributed by atoms with Crippen LogP contribution in [0.5, 0.6) is 5.75 Å². The average Bonchev–Trinajstić information content (AvgIpc) is 3.01. The summed E-state index contributed by atoms with van der Waals surface area (Å²) in [4.78, 5) is 2.53. The Bertz CT molecular complexity index is 536. The summed E-state index contributed by atoms with van der Waals surface area (Å²) in [7, 11) is 1.34. The minimum Gasteiger partial charge on any atom is -0.487 e. The van der Waals surface area contributed by atoms with Gasteiger partial charge in [-0.3, -0.25) is 4.90 Å². The van der Waals surface area contributed by atoms with Gasteiger partial charge in [-0.15, -0.1) is 0 Å². The van der Waals surface area contributed by atoms with Gasteiger partial charge in [0, 0.05) is 25.7 Å². The lowest BCUT2D eigenvalue weighted by atomic mass is 9.61. The topological polar surface area (TPSA) is 24.5 Å². The molecule has 118 valence electrons. The summed E-state index contributed by atoms with van der Waals surface area (Å²) in [6.07, 6.45) is 6.91. The Kier molecular flexibility index (Phi) is 4.14. The predicted octanol–water partition coefficient (Wildman–Crippen LogP) is 1.72. The Balaban J connectivity index is 1.33. The molecule has 0 aromatic heterocycles. The van der Waals surface area contributed by atoms with Gasteiger partial charge in [0.15, 0.2) is 0 Å². The van der Waals surface area contributed by atoms with E-state index in [4.69, 9.17) is 4.74 Å². The molecule has 3 aliphatic rings.